The minimum atomic E-state index is -0.432. The van der Waals surface area contributed by atoms with Gasteiger partial charge in [0, 0.05) is 23.7 Å². The van der Waals surface area contributed by atoms with E-state index in [1.807, 2.05) is 50.2 Å². The van der Waals surface area contributed by atoms with E-state index in [-0.39, 0.29) is 18.1 Å². The number of nitrogens with one attached hydrogen (secondary N) is 2. The topological polar surface area (TPSA) is 80.6 Å². The summed E-state index contributed by atoms with van der Waals surface area (Å²) in [4.78, 5) is 25.5. The van der Waals surface area contributed by atoms with Gasteiger partial charge in [0.15, 0.2) is 0 Å². The van der Waals surface area contributed by atoms with Crippen LogP contribution in [0.5, 0.6) is 5.75 Å². The van der Waals surface area contributed by atoms with Gasteiger partial charge in [-0.25, -0.2) is 0 Å². The third-order valence-corrected chi connectivity index (χ3v) is 4.35. The van der Waals surface area contributed by atoms with Crippen molar-refractivity contribution < 1.29 is 18.7 Å². The molecule has 3 aromatic rings. The van der Waals surface area contributed by atoms with Gasteiger partial charge in [0.2, 0.25) is 0 Å². The molecule has 0 fully saturated rings. The van der Waals surface area contributed by atoms with Crippen LogP contribution in [-0.2, 0) is 11.3 Å². The van der Waals surface area contributed by atoms with E-state index in [4.69, 9.17) is 9.15 Å². The molecule has 0 spiro atoms. The number of rotatable bonds is 8. The SMILES string of the molecule is CCOc1ccccc1CNC(=O)/C(=C/c1ccco1)NC(=O)c1ccc(C)cc1. The van der Waals surface area contributed by atoms with Crippen LogP contribution in [0.25, 0.3) is 6.08 Å². The van der Waals surface area contributed by atoms with Crippen LogP contribution in [0.15, 0.2) is 77.0 Å². The van der Waals surface area contributed by atoms with E-state index < -0.39 is 5.91 Å². The lowest BCUT2D eigenvalue weighted by molar-refractivity contribution is -0.117. The third kappa shape index (κ3) is 5.61. The Morgan fingerprint density at radius 2 is 1.80 bits per heavy atom. The number of carbonyl (C=O) groups excluding carboxylic acids is 2. The number of hydrogen-bond donors (Lipinski definition) is 2. The molecule has 154 valence electrons. The summed E-state index contributed by atoms with van der Waals surface area (Å²) in [5.41, 5.74) is 2.43. The standard InChI is InChI=1S/C24H24N2O4/c1-3-29-22-9-5-4-7-19(22)16-25-24(28)21(15-20-8-6-14-30-20)26-23(27)18-12-10-17(2)11-13-18/h4-15H,3,16H2,1-2H3,(H,25,28)(H,26,27)/b21-15-. The predicted molar refractivity (Wildman–Crippen MR) is 115 cm³/mol. The van der Waals surface area contributed by atoms with E-state index in [2.05, 4.69) is 10.6 Å². The maximum atomic E-state index is 12.9. The highest BCUT2D eigenvalue weighted by Crippen LogP contribution is 2.18. The number of para-hydroxylation sites is 1. The third-order valence-electron chi connectivity index (χ3n) is 4.35. The largest absolute Gasteiger partial charge is 0.494 e. The van der Waals surface area contributed by atoms with Crippen molar-refractivity contribution in [2.75, 3.05) is 6.61 Å². The molecule has 0 aliphatic rings. The summed E-state index contributed by atoms with van der Waals surface area (Å²) >= 11 is 0. The maximum Gasteiger partial charge on any atom is 0.268 e. The Balaban J connectivity index is 1.76. The fourth-order valence-corrected chi connectivity index (χ4v) is 2.79. The number of furan rings is 1. The summed E-state index contributed by atoms with van der Waals surface area (Å²) in [6.07, 6.45) is 3.00. The van der Waals surface area contributed by atoms with Crippen molar-refractivity contribution in [3.05, 3.63) is 95.1 Å². The lowest BCUT2D eigenvalue weighted by Crippen LogP contribution is -2.34. The average Bonchev–Trinajstić information content (AvgIpc) is 3.26. The average molecular weight is 404 g/mol. The lowest BCUT2D eigenvalue weighted by Gasteiger charge is -2.13. The van der Waals surface area contributed by atoms with Gasteiger partial charge in [0.05, 0.1) is 12.9 Å². The molecule has 2 amide bonds. The molecule has 3 rings (SSSR count). The summed E-state index contributed by atoms with van der Waals surface area (Å²) < 4.78 is 10.9. The van der Waals surface area contributed by atoms with Gasteiger partial charge in [0.25, 0.3) is 11.8 Å². The smallest absolute Gasteiger partial charge is 0.268 e. The Bertz CT molecular complexity index is 1020. The number of aryl methyl sites for hydroxylation is 1. The minimum absolute atomic E-state index is 0.0874. The van der Waals surface area contributed by atoms with Gasteiger partial charge in [-0.15, -0.1) is 0 Å². The molecule has 0 aliphatic carbocycles. The maximum absolute atomic E-state index is 12.9. The molecule has 0 saturated carbocycles. The minimum Gasteiger partial charge on any atom is -0.494 e. The molecular weight excluding hydrogens is 380 g/mol. The molecule has 30 heavy (non-hydrogen) atoms. The summed E-state index contributed by atoms with van der Waals surface area (Å²) in [5.74, 6) is 0.357. The first-order valence-corrected chi connectivity index (χ1v) is 9.69. The van der Waals surface area contributed by atoms with Gasteiger partial charge in [-0.1, -0.05) is 35.9 Å². The van der Waals surface area contributed by atoms with Crippen molar-refractivity contribution in [3.8, 4) is 5.75 Å². The second kappa shape index (κ2) is 10.1. The Hall–Kier alpha value is -3.80. The Labute approximate surface area is 175 Å². The summed E-state index contributed by atoms with van der Waals surface area (Å²) in [6.45, 7) is 4.63. The fourth-order valence-electron chi connectivity index (χ4n) is 2.79. The van der Waals surface area contributed by atoms with Gasteiger partial charge >= 0.3 is 0 Å². The molecule has 0 aliphatic heterocycles. The number of carbonyl (C=O) groups is 2. The van der Waals surface area contributed by atoms with Crippen LogP contribution < -0.4 is 15.4 Å². The molecule has 6 nitrogen and oxygen atoms in total. The van der Waals surface area contributed by atoms with E-state index in [9.17, 15) is 9.59 Å². The zero-order valence-corrected chi connectivity index (χ0v) is 17.0. The van der Waals surface area contributed by atoms with Crippen molar-refractivity contribution in [1.82, 2.24) is 10.6 Å². The van der Waals surface area contributed by atoms with Gasteiger partial charge in [0.1, 0.15) is 17.2 Å². The van der Waals surface area contributed by atoms with Crippen LogP contribution in [0, 0.1) is 6.92 Å². The first-order valence-electron chi connectivity index (χ1n) is 9.69. The van der Waals surface area contributed by atoms with Crippen molar-refractivity contribution in [3.63, 3.8) is 0 Å². The molecule has 2 N–H and O–H groups in total. The summed E-state index contributed by atoms with van der Waals surface area (Å²) in [5, 5.41) is 5.52. The molecular formula is C24H24N2O4. The van der Waals surface area contributed by atoms with Gasteiger partial charge < -0.3 is 19.8 Å². The van der Waals surface area contributed by atoms with E-state index >= 15 is 0 Å². The van der Waals surface area contributed by atoms with Crippen molar-refractivity contribution >= 4 is 17.9 Å². The van der Waals surface area contributed by atoms with Gasteiger partial charge in [-0.05, 0) is 44.2 Å². The van der Waals surface area contributed by atoms with E-state index in [1.54, 1.807) is 24.3 Å². The predicted octanol–water partition coefficient (Wildman–Crippen LogP) is 4.07. The Kier molecular flexibility index (Phi) is 7.05. The highest BCUT2D eigenvalue weighted by atomic mass is 16.5. The highest BCUT2D eigenvalue weighted by molar-refractivity contribution is 6.05. The van der Waals surface area contributed by atoms with Crippen LogP contribution >= 0.6 is 0 Å². The second-order valence-corrected chi connectivity index (χ2v) is 6.62. The van der Waals surface area contributed by atoms with Crippen LogP contribution in [-0.4, -0.2) is 18.4 Å². The summed E-state index contributed by atoms with van der Waals surface area (Å²) in [7, 11) is 0. The molecule has 0 saturated heterocycles. The zero-order valence-electron chi connectivity index (χ0n) is 17.0. The normalized spacial score (nSPS) is 11.1. The van der Waals surface area contributed by atoms with E-state index in [0.717, 1.165) is 11.1 Å². The first kappa shape index (κ1) is 20.9. The summed E-state index contributed by atoms with van der Waals surface area (Å²) in [6, 6.07) is 18.0. The highest BCUT2D eigenvalue weighted by Gasteiger charge is 2.16. The molecule has 0 radical (unpaired) electrons. The van der Waals surface area contributed by atoms with Crippen molar-refractivity contribution in [1.29, 1.82) is 0 Å². The number of hydrogen-bond acceptors (Lipinski definition) is 4. The number of ether oxygens (including phenoxy) is 1. The first-order chi connectivity index (χ1) is 14.6. The van der Waals surface area contributed by atoms with Gasteiger partial charge in [-0.2, -0.15) is 0 Å². The molecule has 2 aromatic carbocycles. The van der Waals surface area contributed by atoms with Gasteiger partial charge in [-0.3, -0.25) is 9.59 Å². The molecule has 0 unspecified atom stereocenters. The molecule has 6 heteroatoms. The quantitative estimate of drug-likeness (QED) is 0.555. The van der Waals surface area contributed by atoms with E-state index in [1.165, 1.54) is 12.3 Å². The van der Waals surface area contributed by atoms with Crippen LogP contribution in [0.2, 0.25) is 0 Å². The Morgan fingerprint density at radius 1 is 1.03 bits per heavy atom. The lowest BCUT2D eigenvalue weighted by atomic mass is 10.1. The molecule has 1 heterocycles. The Morgan fingerprint density at radius 3 is 2.50 bits per heavy atom. The number of benzene rings is 2. The molecule has 1 aromatic heterocycles. The van der Waals surface area contributed by atoms with Crippen molar-refractivity contribution in [2.24, 2.45) is 0 Å². The molecule has 0 bridgehead atoms. The van der Waals surface area contributed by atoms with Crippen LogP contribution in [0.3, 0.4) is 0 Å². The second-order valence-electron chi connectivity index (χ2n) is 6.62. The molecule has 0 atom stereocenters. The fraction of sp³-hybridized carbons (Fsp3) is 0.167. The number of amides is 2. The zero-order chi connectivity index (χ0) is 21.3. The van der Waals surface area contributed by atoms with Crippen LogP contribution in [0.4, 0.5) is 0 Å². The van der Waals surface area contributed by atoms with Crippen molar-refractivity contribution in [2.45, 2.75) is 20.4 Å². The van der Waals surface area contributed by atoms with Crippen LogP contribution in [0.1, 0.15) is 34.2 Å². The monoisotopic (exact) mass is 404 g/mol. The van der Waals surface area contributed by atoms with E-state index in [0.29, 0.717) is 23.7 Å².